The molecule has 3 aromatic rings. The largest absolute Gasteiger partial charge is 0.505 e. The first-order chi connectivity index (χ1) is 14.0. The summed E-state index contributed by atoms with van der Waals surface area (Å²) in [7, 11) is 0. The number of hydrogen-bond donors (Lipinski definition) is 2. The van der Waals surface area contributed by atoms with E-state index in [1.54, 1.807) is 0 Å². The third kappa shape index (κ3) is 4.27. The lowest BCUT2D eigenvalue weighted by Gasteiger charge is -2.16. The van der Waals surface area contributed by atoms with Gasteiger partial charge in [-0.3, -0.25) is 9.59 Å². The quantitative estimate of drug-likeness (QED) is 0.551. The van der Waals surface area contributed by atoms with Crippen molar-refractivity contribution in [3.8, 4) is 16.9 Å². The summed E-state index contributed by atoms with van der Waals surface area (Å²) in [6, 6.07) is 9.84. The summed E-state index contributed by atoms with van der Waals surface area (Å²) in [6.45, 7) is 3.80. The smallest absolute Gasteiger partial charge is 0.420 e. The molecule has 0 atom stereocenters. The van der Waals surface area contributed by atoms with E-state index in [0.29, 0.717) is 5.56 Å². The second-order valence-electron chi connectivity index (χ2n) is 7.11. The van der Waals surface area contributed by atoms with Gasteiger partial charge in [-0.15, -0.1) is 0 Å². The van der Waals surface area contributed by atoms with Gasteiger partial charge in [0.25, 0.3) is 0 Å². The summed E-state index contributed by atoms with van der Waals surface area (Å²) in [4.78, 5) is 26.9. The number of benzene rings is 2. The molecule has 2 N–H and O–H groups in total. The Bertz CT molecular complexity index is 1150. The number of rotatable bonds is 5. The van der Waals surface area contributed by atoms with E-state index in [0.717, 1.165) is 16.7 Å². The van der Waals surface area contributed by atoms with Crippen LogP contribution in [0.5, 0.6) is 5.75 Å². The molecule has 0 saturated carbocycles. The van der Waals surface area contributed by atoms with Crippen LogP contribution in [0.3, 0.4) is 0 Å². The topological polar surface area (TPSA) is 87.5 Å². The standard InChI is InChI=1S/C22H18F3NO4/c1-11-7-12(2)9-14(8-11)13-3-4-15-16(10-13)26-20(17(27)5-6-18(28)29)21(30)19(15)22(23,24)25/h3-4,7-10,30H,5-6H2,1-2H3,(H,28,29). The van der Waals surface area contributed by atoms with Crippen molar-refractivity contribution in [1.82, 2.24) is 4.98 Å². The van der Waals surface area contributed by atoms with Crippen LogP contribution in [0.4, 0.5) is 13.2 Å². The molecular formula is C22H18F3NO4. The van der Waals surface area contributed by atoms with E-state index in [1.165, 1.54) is 18.2 Å². The second-order valence-corrected chi connectivity index (χ2v) is 7.11. The van der Waals surface area contributed by atoms with E-state index in [2.05, 4.69) is 4.98 Å². The number of Topliss-reactive ketones (excluding diaryl/α,β-unsaturated/α-hetero) is 1. The molecule has 0 spiro atoms. The van der Waals surface area contributed by atoms with Crippen LogP contribution in [0.25, 0.3) is 22.0 Å². The van der Waals surface area contributed by atoms with E-state index < -0.39 is 47.8 Å². The van der Waals surface area contributed by atoms with Crippen LogP contribution in [0.2, 0.25) is 0 Å². The molecule has 0 bridgehead atoms. The molecule has 0 aliphatic carbocycles. The first-order valence-corrected chi connectivity index (χ1v) is 9.05. The fourth-order valence-corrected chi connectivity index (χ4v) is 3.40. The van der Waals surface area contributed by atoms with Crippen molar-refractivity contribution in [3.05, 3.63) is 58.8 Å². The summed E-state index contributed by atoms with van der Waals surface area (Å²) < 4.78 is 41.0. The number of carbonyl (C=O) groups is 2. The number of ketones is 1. The minimum Gasteiger partial charge on any atom is -0.505 e. The minimum atomic E-state index is -4.94. The lowest BCUT2D eigenvalue weighted by atomic mass is 9.97. The molecule has 0 saturated heterocycles. The Morgan fingerprint density at radius 3 is 2.17 bits per heavy atom. The van der Waals surface area contributed by atoms with E-state index in [9.17, 15) is 27.9 Å². The van der Waals surface area contributed by atoms with Gasteiger partial charge in [-0.25, -0.2) is 4.98 Å². The van der Waals surface area contributed by atoms with Gasteiger partial charge in [0.1, 0.15) is 11.3 Å². The van der Waals surface area contributed by atoms with E-state index in [-0.39, 0.29) is 10.9 Å². The predicted molar refractivity (Wildman–Crippen MR) is 105 cm³/mol. The molecule has 0 radical (unpaired) electrons. The molecule has 30 heavy (non-hydrogen) atoms. The number of fused-ring (bicyclic) bond motifs is 1. The number of nitrogens with zero attached hydrogens (tertiary/aromatic N) is 1. The number of alkyl halides is 3. The van der Waals surface area contributed by atoms with Crippen LogP contribution in [-0.4, -0.2) is 26.9 Å². The number of hydrogen-bond acceptors (Lipinski definition) is 4. The molecule has 0 unspecified atom stereocenters. The first kappa shape index (κ1) is 21.3. The van der Waals surface area contributed by atoms with Gasteiger partial charge in [-0.2, -0.15) is 13.2 Å². The Hall–Kier alpha value is -3.42. The SMILES string of the molecule is Cc1cc(C)cc(-c2ccc3c(C(F)(F)F)c(O)c(C(=O)CCC(=O)O)nc3c2)c1. The van der Waals surface area contributed by atoms with Crippen LogP contribution in [-0.2, 0) is 11.0 Å². The zero-order valence-electron chi connectivity index (χ0n) is 16.2. The van der Waals surface area contributed by atoms with E-state index in [4.69, 9.17) is 5.11 Å². The number of aromatic hydroxyl groups is 1. The Balaban J connectivity index is 2.24. The third-order valence-corrected chi connectivity index (χ3v) is 4.63. The number of aliphatic carboxylic acids is 1. The number of carbonyl (C=O) groups excluding carboxylic acids is 1. The maximum atomic E-state index is 13.7. The maximum Gasteiger partial charge on any atom is 0.420 e. The number of carboxylic acid groups (broad SMARTS) is 1. The van der Waals surface area contributed by atoms with Gasteiger partial charge in [0.05, 0.1) is 11.9 Å². The normalized spacial score (nSPS) is 11.6. The molecule has 1 aromatic heterocycles. The van der Waals surface area contributed by atoms with Crippen LogP contribution in [0.1, 0.15) is 40.0 Å². The summed E-state index contributed by atoms with van der Waals surface area (Å²) in [6.07, 6.45) is -6.09. The van der Waals surface area contributed by atoms with Crippen molar-refractivity contribution >= 4 is 22.7 Å². The molecule has 0 fully saturated rings. The Morgan fingerprint density at radius 1 is 0.967 bits per heavy atom. The molecule has 2 aromatic carbocycles. The number of aryl methyl sites for hydroxylation is 2. The maximum absolute atomic E-state index is 13.7. The number of carboxylic acids is 1. The molecule has 0 aliphatic heterocycles. The Labute approximate surface area is 169 Å². The molecule has 156 valence electrons. The molecular weight excluding hydrogens is 399 g/mol. The van der Waals surface area contributed by atoms with Crippen molar-refractivity contribution in [2.45, 2.75) is 32.9 Å². The van der Waals surface area contributed by atoms with Gasteiger partial charge in [0, 0.05) is 11.8 Å². The zero-order valence-corrected chi connectivity index (χ0v) is 16.2. The van der Waals surface area contributed by atoms with Gasteiger partial charge in [0.15, 0.2) is 11.5 Å². The average Bonchev–Trinajstić information content (AvgIpc) is 2.63. The average molecular weight is 417 g/mol. The fraction of sp³-hybridized carbons (Fsp3) is 0.227. The highest BCUT2D eigenvalue weighted by Crippen LogP contribution is 2.42. The molecule has 5 nitrogen and oxygen atoms in total. The van der Waals surface area contributed by atoms with Crippen LogP contribution < -0.4 is 0 Å². The highest BCUT2D eigenvalue weighted by atomic mass is 19.4. The number of halogens is 3. The van der Waals surface area contributed by atoms with Gasteiger partial charge < -0.3 is 10.2 Å². The van der Waals surface area contributed by atoms with Gasteiger partial charge in [0.2, 0.25) is 0 Å². The minimum absolute atomic E-state index is 0.115. The highest BCUT2D eigenvalue weighted by molar-refractivity contribution is 6.02. The van der Waals surface area contributed by atoms with Crippen molar-refractivity contribution in [1.29, 1.82) is 0 Å². The Kier molecular flexibility index (Phi) is 5.52. The monoisotopic (exact) mass is 417 g/mol. The fourth-order valence-electron chi connectivity index (χ4n) is 3.40. The molecule has 0 amide bonds. The second kappa shape index (κ2) is 7.78. The number of aromatic nitrogens is 1. The lowest BCUT2D eigenvalue weighted by molar-refractivity contribution is -0.138. The van der Waals surface area contributed by atoms with Gasteiger partial charge in [-0.05, 0) is 31.0 Å². The van der Waals surface area contributed by atoms with Crippen LogP contribution in [0, 0.1) is 13.8 Å². The van der Waals surface area contributed by atoms with E-state index >= 15 is 0 Å². The van der Waals surface area contributed by atoms with Crippen LogP contribution >= 0.6 is 0 Å². The van der Waals surface area contributed by atoms with E-state index in [1.807, 2.05) is 32.0 Å². The molecule has 3 rings (SSSR count). The lowest BCUT2D eigenvalue weighted by Crippen LogP contribution is -2.13. The predicted octanol–water partition coefficient (Wildman–Crippen LogP) is 5.29. The van der Waals surface area contributed by atoms with Crippen molar-refractivity contribution in [2.75, 3.05) is 0 Å². The van der Waals surface area contributed by atoms with Crippen molar-refractivity contribution in [3.63, 3.8) is 0 Å². The Morgan fingerprint density at radius 2 is 1.60 bits per heavy atom. The molecule has 8 heteroatoms. The van der Waals surface area contributed by atoms with Crippen molar-refractivity contribution in [2.24, 2.45) is 0 Å². The summed E-state index contributed by atoms with van der Waals surface area (Å²) in [5.41, 5.74) is 1.07. The first-order valence-electron chi connectivity index (χ1n) is 9.05. The third-order valence-electron chi connectivity index (χ3n) is 4.63. The van der Waals surface area contributed by atoms with Gasteiger partial charge >= 0.3 is 12.1 Å². The highest BCUT2D eigenvalue weighted by Gasteiger charge is 2.38. The number of pyridine rings is 1. The molecule has 0 aliphatic rings. The molecule has 1 heterocycles. The van der Waals surface area contributed by atoms with Crippen molar-refractivity contribution < 1.29 is 33.0 Å². The van der Waals surface area contributed by atoms with Crippen LogP contribution in [0.15, 0.2) is 36.4 Å². The van der Waals surface area contributed by atoms with Gasteiger partial charge in [-0.1, -0.05) is 41.5 Å². The summed E-state index contributed by atoms with van der Waals surface area (Å²) in [5, 5.41) is 18.5. The summed E-state index contributed by atoms with van der Waals surface area (Å²) in [5.74, 6) is -3.54. The summed E-state index contributed by atoms with van der Waals surface area (Å²) >= 11 is 0. The zero-order chi connectivity index (χ0) is 22.2.